The summed E-state index contributed by atoms with van der Waals surface area (Å²) in [6.45, 7) is 9.15. The van der Waals surface area contributed by atoms with E-state index in [0.29, 0.717) is 41.8 Å². The Morgan fingerprint density at radius 1 is 1.07 bits per heavy atom. The van der Waals surface area contributed by atoms with Gasteiger partial charge in [-0.1, -0.05) is 13.8 Å². The minimum absolute atomic E-state index is 0.0258. The lowest BCUT2D eigenvalue weighted by atomic mass is 9.86. The molecular weight excluding hydrogens is 545 g/mol. The second kappa shape index (κ2) is 11.5. The van der Waals surface area contributed by atoms with Gasteiger partial charge in [0.1, 0.15) is 5.82 Å². The van der Waals surface area contributed by atoms with Gasteiger partial charge in [0, 0.05) is 41.4 Å². The van der Waals surface area contributed by atoms with Gasteiger partial charge in [-0.25, -0.2) is 12.8 Å². The molecule has 2 aliphatic rings. The fourth-order valence-corrected chi connectivity index (χ4v) is 6.69. The van der Waals surface area contributed by atoms with Crippen LogP contribution in [0, 0.1) is 12.7 Å². The maximum Gasteiger partial charge on any atom is 0.261 e. The predicted molar refractivity (Wildman–Crippen MR) is 158 cm³/mol. The highest BCUT2D eigenvalue weighted by Crippen LogP contribution is 2.43. The largest absolute Gasteiger partial charge is 0.358 e. The Morgan fingerprint density at radius 2 is 1.80 bits per heavy atom. The van der Waals surface area contributed by atoms with Crippen molar-refractivity contribution in [2.75, 3.05) is 36.2 Å². The number of aromatic amines is 1. The molecule has 2 amide bonds. The van der Waals surface area contributed by atoms with Crippen molar-refractivity contribution >= 4 is 44.4 Å². The van der Waals surface area contributed by atoms with Crippen LogP contribution in [0.3, 0.4) is 0 Å². The van der Waals surface area contributed by atoms with Crippen molar-refractivity contribution in [2.45, 2.75) is 44.9 Å². The number of aromatic nitrogens is 1. The molecule has 0 saturated carbocycles. The van der Waals surface area contributed by atoms with Crippen LogP contribution in [0.2, 0.25) is 0 Å². The molecule has 1 aliphatic carbocycles. The summed E-state index contributed by atoms with van der Waals surface area (Å²) in [4.78, 5) is 32.0. The third-order valence-corrected chi connectivity index (χ3v) is 9.10. The molecule has 0 unspecified atom stereocenters. The van der Waals surface area contributed by atoms with Crippen LogP contribution in [0.5, 0.6) is 0 Å². The Balaban J connectivity index is 1.48. The van der Waals surface area contributed by atoms with E-state index in [1.165, 1.54) is 36.4 Å². The molecule has 1 aromatic heterocycles. The van der Waals surface area contributed by atoms with E-state index in [0.717, 1.165) is 48.6 Å². The zero-order valence-electron chi connectivity index (χ0n) is 23.4. The topological polar surface area (TPSA) is 123 Å². The monoisotopic (exact) mass is 579 g/mol. The molecular formula is C30H34FN5O4S. The van der Waals surface area contributed by atoms with Crippen molar-refractivity contribution in [2.24, 2.45) is 0 Å². The van der Waals surface area contributed by atoms with E-state index in [4.69, 9.17) is 0 Å². The molecule has 216 valence electrons. The molecule has 0 fully saturated rings. The normalized spacial score (nSPS) is 16.4. The molecule has 11 heteroatoms. The number of H-pyrrole nitrogens is 1. The quantitative estimate of drug-likeness (QED) is 0.277. The second-order valence-electron chi connectivity index (χ2n) is 10.2. The number of amides is 2. The van der Waals surface area contributed by atoms with E-state index in [-0.39, 0.29) is 22.4 Å². The smallest absolute Gasteiger partial charge is 0.261 e. The van der Waals surface area contributed by atoms with Gasteiger partial charge >= 0.3 is 0 Å². The minimum Gasteiger partial charge on any atom is -0.358 e. The van der Waals surface area contributed by atoms with Gasteiger partial charge in [-0.15, -0.1) is 0 Å². The van der Waals surface area contributed by atoms with Gasteiger partial charge in [-0.05, 0) is 92.9 Å². The molecule has 41 heavy (non-hydrogen) atoms. The summed E-state index contributed by atoms with van der Waals surface area (Å²) in [5, 5.41) is 5.89. The first-order chi connectivity index (χ1) is 19.6. The van der Waals surface area contributed by atoms with Crippen LogP contribution < -0.4 is 15.4 Å². The van der Waals surface area contributed by atoms with Crippen molar-refractivity contribution in [3.05, 3.63) is 76.4 Å². The number of allylic oxidation sites excluding steroid dienone is 1. The first-order valence-corrected chi connectivity index (χ1v) is 15.3. The number of fused-ring (bicyclic) bond motifs is 2. The highest BCUT2D eigenvalue weighted by atomic mass is 32.2. The van der Waals surface area contributed by atoms with Crippen LogP contribution in [0.15, 0.2) is 47.4 Å². The molecule has 0 spiro atoms. The molecule has 5 rings (SSSR count). The lowest BCUT2D eigenvalue weighted by Crippen LogP contribution is -2.35. The highest BCUT2D eigenvalue weighted by Gasteiger charge is 2.34. The third-order valence-electron chi connectivity index (χ3n) is 7.73. The summed E-state index contributed by atoms with van der Waals surface area (Å²) in [5.41, 5.74) is 5.34. The Labute approximate surface area is 239 Å². The van der Waals surface area contributed by atoms with E-state index in [1.807, 2.05) is 6.92 Å². The predicted octanol–water partition coefficient (Wildman–Crippen LogP) is 4.53. The minimum atomic E-state index is -4.01. The van der Waals surface area contributed by atoms with Gasteiger partial charge in [-0.2, -0.15) is 0 Å². The lowest BCUT2D eigenvalue weighted by Gasteiger charge is -2.20. The Morgan fingerprint density at radius 3 is 2.51 bits per heavy atom. The number of aryl methyl sites for hydroxylation is 1. The van der Waals surface area contributed by atoms with Crippen LogP contribution in [0.1, 0.15) is 59.6 Å². The molecule has 0 radical (unpaired) electrons. The van der Waals surface area contributed by atoms with Crippen LogP contribution in [-0.2, 0) is 21.2 Å². The maximum absolute atomic E-state index is 13.3. The van der Waals surface area contributed by atoms with E-state index in [1.54, 1.807) is 6.07 Å². The number of likely N-dealkylation sites (N-methyl/N-ethyl adjacent to an activating group) is 1. The number of anilines is 2. The number of benzene rings is 2. The van der Waals surface area contributed by atoms with Crippen LogP contribution in [0.4, 0.5) is 15.8 Å². The standard InChI is InChI=1S/C30H34FN5O4S/c1-4-36(5-2)16-15-32-29(37)26-18(3)33-28-22(26)7-6-8-23(28)27-24-17-21(13-14-25(24)34-30(27)38)41(39,40)35-20-11-9-19(31)10-12-20/h9-14,17,33,35H,4-8,15-16H2,1-3H3,(H,32,37)(H,34,38)/b27-23-. The number of nitrogens with zero attached hydrogens (tertiary/aromatic N) is 1. The Bertz CT molecular complexity index is 1640. The average molecular weight is 580 g/mol. The van der Waals surface area contributed by atoms with E-state index in [9.17, 15) is 22.4 Å². The van der Waals surface area contributed by atoms with E-state index in [2.05, 4.69) is 39.1 Å². The van der Waals surface area contributed by atoms with E-state index >= 15 is 0 Å². The molecule has 9 nitrogen and oxygen atoms in total. The van der Waals surface area contributed by atoms with Gasteiger partial charge in [0.15, 0.2) is 0 Å². The van der Waals surface area contributed by atoms with Crippen molar-refractivity contribution < 1.29 is 22.4 Å². The number of nitrogens with one attached hydrogen (secondary N) is 4. The van der Waals surface area contributed by atoms with Crippen LogP contribution >= 0.6 is 0 Å². The molecule has 0 saturated heterocycles. The lowest BCUT2D eigenvalue weighted by molar-refractivity contribution is -0.110. The number of carbonyl (C=O) groups is 2. The van der Waals surface area contributed by atoms with E-state index < -0.39 is 15.8 Å². The fourth-order valence-electron chi connectivity index (χ4n) is 5.61. The zero-order valence-corrected chi connectivity index (χ0v) is 24.2. The second-order valence-corrected chi connectivity index (χ2v) is 11.9. The average Bonchev–Trinajstić information content (AvgIpc) is 3.46. The molecule has 3 aromatic rings. The summed E-state index contributed by atoms with van der Waals surface area (Å²) in [5.74, 6) is -0.936. The van der Waals surface area contributed by atoms with Gasteiger partial charge in [-0.3, -0.25) is 14.3 Å². The van der Waals surface area contributed by atoms with Crippen molar-refractivity contribution in [1.82, 2.24) is 15.2 Å². The first kappa shape index (κ1) is 28.6. The maximum atomic E-state index is 13.3. The highest BCUT2D eigenvalue weighted by molar-refractivity contribution is 7.92. The first-order valence-electron chi connectivity index (χ1n) is 13.8. The van der Waals surface area contributed by atoms with Crippen LogP contribution in [0.25, 0.3) is 11.1 Å². The Kier molecular flexibility index (Phi) is 8.01. The summed E-state index contributed by atoms with van der Waals surface area (Å²) >= 11 is 0. The van der Waals surface area contributed by atoms with Gasteiger partial charge in [0.05, 0.1) is 16.0 Å². The van der Waals surface area contributed by atoms with Crippen LogP contribution in [-0.4, -0.2) is 56.3 Å². The SMILES string of the molecule is CCN(CC)CCNC(=O)c1c(C)[nH]c2c1CCC/C2=C1/C(=O)Nc2ccc(S(=O)(=O)Nc3ccc(F)cc3)cc21. The number of hydrogen-bond acceptors (Lipinski definition) is 5. The number of hydrogen-bond donors (Lipinski definition) is 4. The molecule has 0 bridgehead atoms. The molecule has 1 aliphatic heterocycles. The fraction of sp³-hybridized carbons (Fsp3) is 0.333. The zero-order chi connectivity index (χ0) is 29.3. The van der Waals surface area contributed by atoms with Gasteiger partial charge in [0.25, 0.3) is 21.8 Å². The molecule has 4 N–H and O–H groups in total. The number of halogens is 1. The molecule has 0 atom stereocenters. The number of sulfonamides is 1. The third kappa shape index (κ3) is 5.64. The van der Waals surface area contributed by atoms with Crippen molar-refractivity contribution in [3.63, 3.8) is 0 Å². The number of rotatable bonds is 9. The summed E-state index contributed by atoms with van der Waals surface area (Å²) in [6, 6.07) is 9.49. The van der Waals surface area contributed by atoms with Crippen molar-refractivity contribution in [3.8, 4) is 0 Å². The summed E-state index contributed by atoms with van der Waals surface area (Å²) in [7, 11) is -4.01. The van der Waals surface area contributed by atoms with Crippen molar-refractivity contribution in [1.29, 1.82) is 0 Å². The van der Waals surface area contributed by atoms with Gasteiger partial charge in [0.2, 0.25) is 0 Å². The Hall–Kier alpha value is -3.96. The molecule has 2 aromatic carbocycles. The van der Waals surface area contributed by atoms with Gasteiger partial charge < -0.3 is 20.5 Å². The number of carbonyl (C=O) groups excluding carboxylic acids is 2. The summed E-state index contributed by atoms with van der Waals surface area (Å²) < 4.78 is 42.1. The summed E-state index contributed by atoms with van der Waals surface area (Å²) in [6.07, 6.45) is 2.04. The molecule has 2 heterocycles.